The van der Waals surface area contributed by atoms with Gasteiger partial charge in [0.1, 0.15) is 0 Å². The van der Waals surface area contributed by atoms with Crippen LogP contribution in [0.25, 0.3) is 0 Å². The first-order valence-corrected chi connectivity index (χ1v) is 8.26. The van der Waals surface area contributed by atoms with Crippen molar-refractivity contribution >= 4 is 5.91 Å². The number of hydrogen-bond donors (Lipinski definition) is 1. The molecular weight excluding hydrogens is 264 g/mol. The summed E-state index contributed by atoms with van der Waals surface area (Å²) >= 11 is 0. The van der Waals surface area contributed by atoms with E-state index in [0.29, 0.717) is 18.6 Å². The number of carbonyl (C=O) groups is 1. The lowest BCUT2D eigenvalue weighted by atomic mass is 10.0. The van der Waals surface area contributed by atoms with Crippen molar-refractivity contribution in [2.24, 2.45) is 0 Å². The highest BCUT2D eigenvalue weighted by molar-refractivity contribution is 5.77. The van der Waals surface area contributed by atoms with Gasteiger partial charge in [-0.15, -0.1) is 0 Å². The van der Waals surface area contributed by atoms with E-state index in [1.165, 1.54) is 6.42 Å². The van der Waals surface area contributed by atoms with E-state index in [9.17, 15) is 4.79 Å². The lowest BCUT2D eigenvalue weighted by Gasteiger charge is -2.32. The molecule has 0 aliphatic carbocycles. The molecule has 0 bridgehead atoms. The third kappa shape index (κ3) is 7.25. The summed E-state index contributed by atoms with van der Waals surface area (Å²) in [7, 11) is 5.83. The van der Waals surface area contributed by atoms with Crippen LogP contribution in [-0.2, 0) is 4.79 Å². The van der Waals surface area contributed by atoms with Crippen molar-refractivity contribution in [3.05, 3.63) is 0 Å². The fourth-order valence-corrected chi connectivity index (χ4v) is 2.52. The summed E-state index contributed by atoms with van der Waals surface area (Å²) < 4.78 is 0. The van der Waals surface area contributed by atoms with E-state index in [2.05, 4.69) is 36.0 Å². The predicted molar refractivity (Wildman–Crippen MR) is 88.5 cm³/mol. The van der Waals surface area contributed by atoms with E-state index >= 15 is 0 Å². The number of likely N-dealkylation sites (N-methyl/N-ethyl adjacent to an activating group) is 1. The van der Waals surface area contributed by atoms with E-state index in [0.717, 1.165) is 39.0 Å². The van der Waals surface area contributed by atoms with Gasteiger partial charge in [-0.3, -0.25) is 9.69 Å². The number of amides is 1. The number of hydrogen-bond acceptors (Lipinski definition) is 4. The molecule has 1 rings (SSSR count). The van der Waals surface area contributed by atoms with Crippen molar-refractivity contribution in [2.75, 3.05) is 53.9 Å². The van der Waals surface area contributed by atoms with Crippen LogP contribution in [0.5, 0.6) is 0 Å². The number of likely N-dealkylation sites (tertiary alicyclic amines) is 1. The summed E-state index contributed by atoms with van der Waals surface area (Å²) in [5.74, 6) is 0.207. The molecule has 21 heavy (non-hydrogen) atoms. The molecule has 0 atom stereocenters. The lowest BCUT2D eigenvalue weighted by Crippen LogP contribution is -2.46. The van der Waals surface area contributed by atoms with Gasteiger partial charge in [0.2, 0.25) is 5.91 Å². The Morgan fingerprint density at radius 3 is 2.38 bits per heavy atom. The second-order valence-corrected chi connectivity index (χ2v) is 6.72. The zero-order valence-corrected chi connectivity index (χ0v) is 14.6. The van der Waals surface area contributed by atoms with E-state index in [1.807, 2.05) is 14.1 Å². The molecule has 124 valence electrons. The summed E-state index contributed by atoms with van der Waals surface area (Å²) in [6.07, 6.45) is 3.51. The average Bonchev–Trinajstić information content (AvgIpc) is 2.44. The van der Waals surface area contributed by atoms with Crippen molar-refractivity contribution in [3.8, 4) is 0 Å². The Morgan fingerprint density at radius 1 is 1.24 bits per heavy atom. The second kappa shape index (κ2) is 9.38. The van der Waals surface area contributed by atoms with Crippen LogP contribution < -0.4 is 5.32 Å². The predicted octanol–water partition coefficient (Wildman–Crippen LogP) is 0.859. The maximum atomic E-state index is 11.7. The molecule has 0 aromatic heterocycles. The molecule has 1 aliphatic heterocycles. The SMILES string of the molecule is CC(C)N(C)CCCNC1CCN(CC(=O)N(C)C)CC1. The highest BCUT2D eigenvalue weighted by Crippen LogP contribution is 2.10. The summed E-state index contributed by atoms with van der Waals surface area (Å²) in [5, 5.41) is 3.66. The van der Waals surface area contributed by atoms with Crippen molar-refractivity contribution in [1.82, 2.24) is 20.0 Å². The average molecular weight is 298 g/mol. The van der Waals surface area contributed by atoms with Gasteiger partial charge in [0.25, 0.3) is 0 Å². The van der Waals surface area contributed by atoms with Gasteiger partial charge in [-0.2, -0.15) is 0 Å². The van der Waals surface area contributed by atoms with Crippen LogP contribution in [-0.4, -0.2) is 86.6 Å². The molecule has 0 spiro atoms. The number of carbonyl (C=O) groups excluding carboxylic acids is 1. The Labute approximate surface area is 130 Å². The minimum atomic E-state index is 0.207. The Hall–Kier alpha value is -0.650. The molecule has 0 aromatic rings. The molecule has 1 amide bonds. The number of piperidine rings is 1. The van der Waals surface area contributed by atoms with Crippen LogP contribution in [0.2, 0.25) is 0 Å². The minimum Gasteiger partial charge on any atom is -0.348 e. The van der Waals surface area contributed by atoms with Gasteiger partial charge in [0, 0.05) is 39.3 Å². The van der Waals surface area contributed by atoms with Crippen LogP contribution in [0.1, 0.15) is 33.1 Å². The maximum Gasteiger partial charge on any atom is 0.236 e. The van der Waals surface area contributed by atoms with Crippen LogP contribution in [0, 0.1) is 0 Å². The van der Waals surface area contributed by atoms with Crippen LogP contribution in [0.4, 0.5) is 0 Å². The van der Waals surface area contributed by atoms with Crippen LogP contribution in [0.15, 0.2) is 0 Å². The first-order chi connectivity index (χ1) is 9.90. The molecule has 5 nitrogen and oxygen atoms in total. The first kappa shape index (κ1) is 18.4. The zero-order valence-electron chi connectivity index (χ0n) is 14.6. The number of nitrogens with one attached hydrogen (secondary N) is 1. The van der Waals surface area contributed by atoms with Crippen LogP contribution >= 0.6 is 0 Å². The molecule has 0 saturated carbocycles. The fourth-order valence-electron chi connectivity index (χ4n) is 2.52. The van der Waals surface area contributed by atoms with Crippen LogP contribution in [0.3, 0.4) is 0 Å². The normalized spacial score (nSPS) is 17.7. The fraction of sp³-hybridized carbons (Fsp3) is 0.938. The monoisotopic (exact) mass is 298 g/mol. The van der Waals surface area contributed by atoms with E-state index in [1.54, 1.807) is 4.90 Å². The molecule has 1 saturated heterocycles. The van der Waals surface area contributed by atoms with Crippen molar-refractivity contribution in [1.29, 1.82) is 0 Å². The zero-order chi connectivity index (χ0) is 15.8. The molecule has 0 radical (unpaired) electrons. The number of rotatable bonds is 8. The Bertz CT molecular complexity index is 299. The topological polar surface area (TPSA) is 38.8 Å². The van der Waals surface area contributed by atoms with Gasteiger partial charge in [-0.05, 0) is 53.2 Å². The largest absolute Gasteiger partial charge is 0.348 e. The Morgan fingerprint density at radius 2 is 1.86 bits per heavy atom. The standard InChI is InChI=1S/C16H34N4O/c1-14(2)19(5)10-6-9-17-15-7-11-20(12-8-15)13-16(21)18(3)4/h14-15,17H,6-13H2,1-5H3. The van der Waals surface area contributed by atoms with Gasteiger partial charge in [-0.1, -0.05) is 0 Å². The Kier molecular flexibility index (Phi) is 8.22. The third-order valence-electron chi connectivity index (χ3n) is 4.45. The first-order valence-electron chi connectivity index (χ1n) is 8.26. The molecular formula is C16H34N4O. The lowest BCUT2D eigenvalue weighted by molar-refractivity contribution is -0.130. The molecule has 1 aliphatic rings. The summed E-state index contributed by atoms with van der Waals surface area (Å²) in [6.45, 7) is 9.35. The smallest absolute Gasteiger partial charge is 0.236 e. The van der Waals surface area contributed by atoms with E-state index in [4.69, 9.17) is 0 Å². The molecule has 1 N–H and O–H groups in total. The summed E-state index contributed by atoms with van der Waals surface area (Å²) in [4.78, 5) is 18.0. The van der Waals surface area contributed by atoms with Gasteiger partial charge < -0.3 is 15.1 Å². The van der Waals surface area contributed by atoms with Gasteiger partial charge >= 0.3 is 0 Å². The van der Waals surface area contributed by atoms with E-state index in [-0.39, 0.29) is 5.91 Å². The maximum absolute atomic E-state index is 11.7. The van der Waals surface area contributed by atoms with E-state index < -0.39 is 0 Å². The molecule has 1 heterocycles. The number of nitrogens with zero attached hydrogens (tertiary/aromatic N) is 3. The second-order valence-electron chi connectivity index (χ2n) is 6.72. The quantitative estimate of drug-likeness (QED) is 0.675. The highest BCUT2D eigenvalue weighted by atomic mass is 16.2. The molecule has 0 unspecified atom stereocenters. The molecule has 1 fully saturated rings. The van der Waals surface area contributed by atoms with Crippen molar-refractivity contribution < 1.29 is 4.79 Å². The summed E-state index contributed by atoms with van der Waals surface area (Å²) in [6, 6.07) is 1.25. The van der Waals surface area contributed by atoms with Gasteiger partial charge in [0.05, 0.1) is 6.54 Å². The van der Waals surface area contributed by atoms with Crippen molar-refractivity contribution in [2.45, 2.75) is 45.2 Å². The summed E-state index contributed by atoms with van der Waals surface area (Å²) in [5.41, 5.74) is 0. The van der Waals surface area contributed by atoms with Gasteiger partial charge in [-0.25, -0.2) is 0 Å². The Balaban J connectivity index is 2.09. The van der Waals surface area contributed by atoms with Crippen molar-refractivity contribution in [3.63, 3.8) is 0 Å². The molecule has 0 aromatic carbocycles. The highest BCUT2D eigenvalue weighted by Gasteiger charge is 2.20. The van der Waals surface area contributed by atoms with Gasteiger partial charge in [0.15, 0.2) is 0 Å². The molecule has 5 heteroatoms. The third-order valence-corrected chi connectivity index (χ3v) is 4.45. The minimum absolute atomic E-state index is 0.207.